The van der Waals surface area contributed by atoms with Crippen molar-refractivity contribution in [3.63, 3.8) is 0 Å². The van der Waals surface area contributed by atoms with Crippen LogP contribution in [0.5, 0.6) is 0 Å². The molecule has 3 heterocycles. The Labute approximate surface area is 102 Å². The first kappa shape index (κ1) is 10.3. The number of aromatic nitrogens is 2. The van der Waals surface area contributed by atoms with Gasteiger partial charge in [-0.2, -0.15) is 8.75 Å². The van der Waals surface area contributed by atoms with Crippen LogP contribution in [0.2, 0.25) is 5.15 Å². The van der Waals surface area contributed by atoms with Gasteiger partial charge in [0.2, 0.25) is 5.91 Å². The molecule has 2 aliphatic rings. The van der Waals surface area contributed by atoms with E-state index >= 15 is 0 Å². The minimum absolute atomic E-state index is 0.0894. The Morgan fingerprint density at radius 1 is 1.50 bits per heavy atom. The van der Waals surface area contributed by atoms with Gasteiger partial charge in [-0.1, -0.05) is 11.6 Å². The largest absolute Gasteiger partial charge is 0.354 e. The van der Waals surface area contributed by atoms with Crippen molar-refractivity contribution < 1.29 is 4.79 Å². The van der Waals surface area contributed by atoms with Crippen LogP contribution in [0, 0.1) is 5.92 Å². The molecule has 0 spiro atoms. The first-order chi connectivity index (χ1) is 7.77. The predicted octanol–water partition coefficient (Wildman–Crippen LogP) is 0.906. The fourth-order valence-electron chi connectivity index (χ4n) is 2.56. The van der Waals surface area contributed by atoms with Gasteiger partial charge < -0.3 is 10.2 Å². The fraction of sp³-hybridized carbons (Fsp3) is 0.667. The zero-order valence-electron chi connectivity index (χ0n) is 8.52. The van der Waals surface area contributed by atoms with Crippen LogP contribution in [0.25, 0.3) is 0 Å². The highest BCUT2D eigenvalue weighted by atomic mass is 35.5. The van der Waals surface area contributed by atoms with Crippen molar-refractivity contribution in [3.8, 4) is 0 Å². The lowest BCUT2D eigenvalue weighted by Crippen LogP contribution is -2.46. The van der Waals surface area contributed by atoms with Crippen molar-refractivity contribution in [3.05, 3.63) is 5.15 Å². The Morgan fingerprint density at radius 2 is 2.38 bits per heavy atom. The number of hydrogen-bond donors (Lipinski definition) is 1. The number of piperidine rings is 1. The van der Waals surface area contributed by atoms with Crippen molar-refractivity contribution in [1.82, 2.24) is 14.1 Å². The molecule has 0 saturated carbocycles. The van der Waals surface area contributed by atoms with E-state index in [1.165, 1.54) is 0 Å². The Bertz CT molecular complexity index is 423. The van der Waals surface area contributed by atoms with Crippen LogP contribution >= 0.6 is 23.3 Å². The van der Waals surface area contributed by atoms with Crippen molar-refractivity contribution in [2.24, 2.45) is 5.92 Å². The second kappa shape index (κ2) is 3.85. The van der Waals surface area contributed by atoms with Gasteiger partial charge in [-0.3, -0.25) is 4.79 Å². The maximum absolute atomic E-state index is 11.6. The molecule has 0 radical (unpaired) electrons. The summed E-state index contributed by atoms with van der Waals surface area (Å²) in [6.07, 6.45) is 1.96. The summed E-state index contributed by atoms with van der Waals surface area (Å²) in [6.45, 7) is 1.60. The summed E-state index contributed by atoms with van der Waals surface area (Å²) in [4.78, 5) is 13.7. The molecule has 1 amide bonds. The average molecular weight is 259 g/mol. The van der Waals surface area contributed by atoms with Crippen molar-refractivity contribution in [2.45, 2.75) is 18.9 Å². The number of halogens is 1. The van der Waals surface area contributed by atoms with Gasteiger partial charge in [0.05, 0.1) is 23.7 Å². The maximum atomic E-state index is 11.6. The summed E-state index contributed by atoms with van der Waals surface area (Å²) in [5.74, 6) is 0.985. The van der Waals surface area contributed by atoms with E-state index in [-0.39, 0.29) is 17.9 Å². The van der Waals surface area contributed by atoms with Crippen LogP contribution in [0.3, 0.4) is 0 Å². The lowest BCUT2D eigenvalue weighted by molar-refractivity contribution is -0.122. The monoisotopic (exact) mass is 258 g/mol. The van der Waals surface area contributed by atoms with Gasteiger partial charge in [-0.05, 0) is 12.8 Å². The number of nitrogens with one attached hydrogen (secondary N) is 1. The van der Waals surface area contributed by atoms with Crippen LogP contribution < -0.4 is 10.2 Å². The summed E-state index contributed by atoms with van der Waals surface area (Å²) >= 11 is 7.11. The third-order valence-corrected chi connectivity index (χ3v) is 4.18. The molecule has 1 N–H and O–H groups in total. The number of anilines is 1. The highest BCUT2D eigenvalue weighted by Crippen LogP contribution is 2.33. The van der Waals surface area contributed by atoms with E-state index in [1.54, 1.807) is 0 Å². The van der Waals surface area contributed by atoms with E-state index in [1.807, 2.05) is 0 Å². The zero-order valence-corrected chi connectivity index (χ0v) is 10.1. The average Bonchev–Trinajstić information content (AvgIpc) is 2.86. The summed E-state index contributed by atoms with van der Waals surface area (Å²) in [5.41, 5.74) is 0. The summed E-state index contributed by atoms with van der Waals surface area (Å²) in [6, 6.07) is 0.197. The summed E-state index contributed by atoms with van der Waals surface area (Å²) in [7, 11) is 0. The van der Waals surface area contributed by atoms with Gasteiger partial charge in [0.1, 0.15) is 0 Å². The molecule has 2 fully saturated rings. The van der Waals surface area contributed by atoms with Crippen molar-refractivity contribution in [2.75, 3.05) is 18.0 Å². The van der Waals surface area contributed by atoms with Gasteiger partial charge in [-0.15, -0.1) is 0 Å². The third-order valence-electron chi connectivity index (χ3n) is 3.31. The number of amides is 1. The van der Waals surface area contributed by atoms with Crippen LogP contribution in [0.15, 0.2) is 0 Å². The van der Waals surface area contributed by atoms with E-state index < -0.39 is 0 Å². The SMILES string of the molecule is O=C1NCC2C1CCCN2c1nsnc1Cl. The Kier molecular flexibility index (Phi) is 2.48. The van der Waals surface area contributed by atoms with Gasteiger partial charge in [-0.25, -0.2) is 0 Å². The molecule has 0 aromatic carbocycles. The standard InChI is InChI=1S/C9H11ClN4OS/c10-7-8(13-16-12-7)14-3-1-2-5-6(14)4-11-9(5)15/h5-6H,1-4H2,(H,11,15). The van der Waals surface area contributed by atoms with E-state index in [0.29, 0.717) is 11.7 Å². The molecule has 2 atom stereocenters. The molecule has 2 aliphatic heterocycles. The van der Waals surface area contributed by atoms with E-state index in [0.717, 1.165) is 36.9 Å². The van der Waals surface area contributed by atoms with E-state index in [2.05, 4.69) is 19.0 Å². The summed E-state index contributed by atoms with van der Waals surface area (Å²) < 4.78 is 8.18. The number of hydrogen-bond acceptors (Lipinski definition) is 5. The lowest BCUT2D eigenvalue weighted by atomic mass is 9.91. The molecule has 7 heteroatoms. The Hall–Kier alpha value is -0.880. The normalized spacial score (nSPS) is 29.1. The highest BCUT2D eigenvalue weighted by Gasteiger charge is 2.42. The van der Waals surface area contributed by atoms with Crippen LogP contribution in [0.4, 0.5) is 5.82 Å². The van der Waals surface area contributed by atoms with Crippen molar-refractivity contribution in [1.29, 1.82) is 0 Å². The second-order valence-electron chi connectivity index (χ2n) is 4.13. The maximum Gasteiger partial charge on any atom is 0.225 e. The number of carbonyl (C=O) groups excluding carboxylic acids is 1. The quantitative estimate of drug-likeness (QED) is 0.813. The van der Waals surface area contributed by atoms with Gasteiger partial charge in [0.15, 0.2) is 11.0 Å². The molecular weight excluding hydrogens is 248 g/mol. The number of nitrogens with zero attached hydrogens (tertiary/aromatic N) is 3. The second-order valence-corrected chi connectivity index (χ2v) is 5.02. The molecule has 1 aromatic rings. The highest BCUT2D eigenvalue weighted by molar-refractivity contribution is 6.99. The van der Waals surface area contributed by atoms with Gasteiger partial charge in [0.25, 0.3) is 0 Å². The molecule has 0 aliphatic carbocycles. The molecular formula is C9H11ClN4OS. The molecule has 3 rings (SSSR count). The molecule has 16 heavy (non-hydrogen) atoms. The number of carbonyl (C=O) groups is 1. The van der Waals surface area contributed by atoms with E-state index in [4.69, 9.17) is 11.6 Å². The number of rotatable bonds is 1. The lowest BCUT2D eigenvalue weighted by Gasteiger charge is -2.35. The molecule has 1 aromatic heterocycles. The first-order valence-electron chi connectivity index (χ1n) is 5.30. The molecule has 5 nitrogen and oxygen atoms in total. The van der Waals surface area contributed by atoms with Crippen LogP contribution in [0.1, 0.15) is 12.8 Å². The minimum atomic E-state index is 0.0894. The van der Waals surface area contributed by atoms with E-state index in [9.17, 15) is 4.79 Å². The minimum Gasteiger partial charge on any atom is -0.354 e. The molecule has 2 unspecified atom stereocenters. The first-order valence-corrected chi connectivity index (χ1v) is 6.40. The van der Waals surface area contributed by atoms with Crippen molar-refractivity contribution >= 4 is 35.1 Å². The topological polar surface area (TPSA) is 58.1 Å². The zero-order chi connectivity index (χ0) is 11.1. The van der Waals surface area contributed by atoms with Gasteiger partial charge in [0, 0.05) is 13.1 Å². The fourth-order valence-corrected chi connectivity index (χ4v) is 3.32. The Balaban J connectivity index is 1.91. The summed E-state index contributed by atoms with van der Waals surface area (Å²) in [5, 5.41) is 3.35. The Morgan fingerprint density at radius 3 is 3.12 bits per heavy atom. The molecule has 0 bridgehead atoms. The third kappa shape index (κ3) is 1.48. The molecule has 2 saturated heterocycles. The smallest absolute Gasteiger partial charge is 0.225 e. The van der Waals surface area contributed by atoms with Crippen LogP contribution in [-0.4, -0.2) is 33.8 Å². The van der Waals surface area contributed by atoms with Gasteiger partial charge >= 0.3 is 0 Å². The molecule has 86 valence electrons. The number of fused-ring (bicyclic) bond motifs is 1. The van der Waals surface area contributed by atoms with Crippen LogP contribution in [-0.2, 0) is 4.79 Å². The predicted molar refractivity (Wildman–Crippen MR) is 61.8 cm³/mol.